The Morgan fingerprint density at radius 2 is 2.00 bits per heavy atom. The van der Waals surface area contributed by atoms with Gasteiger partial charge >= 0.3 is 0 Å². The molecule has 0 unspecified atom stereocenters. The van der Waals surface area contributed by atoms with E-state index >= 15 is 0 Å². The summed E-state index contributed by atoms with van der Waals surface area (Å²) in [5, 5.41) is 3.71. The van der Waals surface area contributed by atoms with Crippen molar-refractivity contribution in [2.75, 3.05) is 0 Å². The number of hydrogen-bond donors (Lipinski definition) is 1. The molecule has 0 spiro atoms. The smallest absolute Gasteiger partial charge is 0.251 e. The number of carbonyl (C=O) groups is 1. The van der Waals surface area contributed by atoms with Gasteiger partial charge in [-0.25, -0.2) is 9.50 Å². The van der Waals surface area contributed by atoms with Crippen molar-refractivity contribution in [3.63, 3.8) is 0 Å². The van der Waals surface area contributed by atoms with Crippen molar-refractivity contribution in [1.82, 2.24) is 19.6 Å². The number of nitrogens with one attached hydrogen (secondary N) is 1. The molecular formula is C12H9ClN4O. The van der Waals surface area contributed by atoms with Crippen molar-refractivity contribution in [3.05, 3.63) is 40.7 Å². The Labute approximate surface area is 107 Å². The molecule has 0 bridgehead atoms. The van der Waals surface area contributed by atoms with E-state index in [1.807, 2.05) is 12.1 Å². The average molecular weight is 261 g/mol. The Bertz CT molecular complexity index is 726. The molecule has 0 saturated heterocycles. The Kier molecular flexibility index (Phi) is 2.41. The van der Waals surface area contributed by atoms with Crippen LogP contribution in [0.4, 0.5) is 0 Å². The van der Waals surface area contributed by atoms with Gasteiger partial charge in [-0.15, -0.1) is 0 Å². The topological polar surface area (TPSA) is 63.1 Å². The van der Waals surface area contributed by atoms with Crippen LogP contribution in [0.5, 0.6) is 0 Å². The predicted molar refractivity (Wildman–Crippen MR) is 67.9 cm³/mol. The van der Waals surface area contributed by atoms with Crippen molar-refractivity contribution in [2.24, 2.45) is 0 Å². The van der Waals surface area contributed by atoms with Crippen LogP contribution in [-0.4, -0.2) is 25.9 Å². The van der Waals surface area contributed by atoms with Gasteiger partial charge in [-0.05, 0) is 31.2 Å². The minimum absolute atomic E-state index is 0.484. The normalized spacial score (nSPS) is 11.0. The molecule has 6 heteroatoms. The summed E-state index contributed by atoms with van der Waals surface area (Å²) < 4.78 is 1.58. The highest BCUT2D eigenvalue weighted by Gasteiger charge is 2.12. The van der Waals surface area contributed by atoms with Gasteiger partial charge in [0.25, 0.3) is 5.78 Å². The van der Waals surface area contributed by atoms with Gasteiger partial charge in [-0.3, -0.25) is 9.89 Å². The number of benzene rings is 1. The Balaban J connectivity index is 2.16. The van der Waals surface area contributed by atoms with E-state index in [2.05, 4.69) is 15.1 Å². The molecule has 0 aliphatic rings. The fourth-order valence-electron chi connectivity index (χ4n) is 1.82. The van der Waals surface area contributed by atoms with Crippen LogP contribution in [0.15, 0.2) is 24.3 Å². The molecule has 3 rings (SSSR count). The highest BCUT2D eigenvalue weighted by atomic mass is 35.5. The van der Waals surface area contributed by atoms with E-state index in [0.717, 1.165) is 11.8 Å². The van der Waals surface area contributed by atoms with Crippen molar-refractivity contribution in [3.8, 4) is 11.4 Å². The monoisotopic (exact) mass is 260 g/mol. The zero-order valence-corrected chi connectivity index (χ0v) is 10.3. The lowest BCUT2D eigenvalue weighted by molar-refractivity contribution is 0.111. The van der Waals surface area contributed by atoms with Gasteiger partial charge in [-0.1, -0.05) is 11.6 Å². The van der Waals surface area contributed by atoms with Crippen LogP contribution in [0, 0.1) is 6.92 Å². The minimum atomic E-state index is 0.484. The molecule has 2 heterocycles. The zero-order valence-electron chi connectivity index (χ0n) is 9.51. The molecule has 0 fully saturated rings. The van der Waals surface area contributed by atoms with Crippen LogP contribution in [-0.2, 0) is 0 Å². The van der Waals surface area contributed by atoms with Crippen molar-refractivity contribution < 1.29 is 4.79 Å². The first-order valence-electron chi connectivity index (χ1n) is 5.35. The first-order chi connectivity index (χ1) is 8.69. The predicted octanol–water partition coefficient (Wildman–Crippen LogP) is 2.50. The van der Waals surface area contributed by atoms with E-state index in [0.29, 0.717) is 28.0 Å². The molecule has 2 aromatic heterocycles. The summed E-state index contributed by atoms with van der Waals surface area (Å²) in [6.07, 6.45) is 0.763. The maximum Gasteiger partial charge on any atom is 0.251 e. The van der Waals surface area contributed by atoms with E-state index in [1.165, 1.54) is 0 Å². The van der Waals surface area contributed by atoms with Gasteiger partial charge in [0.05, 0.1) is 5.69 Å². The largest absolute Gasteiger partial charge is 0.296 e. The number of aldehydes is 1. The number of rotatable bonds is 2. The molecule has 0 amide bonds. The maximum absolute atomic E-state index is 11.0. The fourth-order valence-corrected chi connectivity index (χ4v) is 1.94. The first kappa shape index (κ1) is 11.0. The molecule has 0 atom stereocenters. The molecule has 0 saturated carbocycles. The highest BCUT2D eigenvalue weighted by molar-refractivity contribution is 6.30. The molecule has 0 radical (unpaired) electrons. The molecule has 1 N–H and O–H groups in total. The summed E-state index contributed by atoms with van der Waals surface area (Å²) in [6, 6.07) is 7.28. The third-order valence-corrected chi connectivity index (χ3v) is 2.99. The van der Waals surface area contributed by atoms with Gasteiger partial charge in [0.1, 0.15) is 5.69 Å². The van der Waals surface area contributed by atoms with E-state index in [4.69, 9.17) is 11.6 Å². The van der Waals surface area contributed by atoms with Crippen molar-refractivity contribution in [2.45, 2.75) is 6.92 Å². The Morgan fingerprint density at radius 1 is 1.28 bits per heavy atom. The van der Waals surface area contributed by atoms with E-state index in [9.17, 15) is 4.79 Å². The summed E-state index contributed by atoms with van der Waals surface area (Å²) in [7, 11) is 0. The summed E-state index contributed by atoms with van der Waals surface area (Å²) >= 11 is 5.83. The summed E-state index contributed by atoms with van der Waals surface area (Å²) in [5.74, 6) is 1.14. The second kappa shape index (κ2) is 3.96. The molecule has 3 aromatic rings. The molecule has 0 aliphatic heterocycles. The van der Waals surface area contributed by atoms with Gasteiger partial charge < -0.3 is 0 Å². The molecule has 1 aromatic carbocycles. The third kappa shape index (κ3) is 1.60. The lowest BCUT2D eigenvalue weighted by Gasteiger charge is -1.96. The van der Waals surface area contributed by atoms with Gasteiger partial charge in [-0.2, -0.15) is 4.98 Å². The Morgan fingerprint density at radius 3 is 2.67 bits per heavy atom. The second-order valence-electron chi connectivity index (χ2n) is 3.91. The average Bonchev–Trinajstić information content (AvgIpc) is 2.86. The number of nitrogens with zero attached hydrogens (tertiary/aromatic N) is 3. The number of aromatic amines is 1. The molecular weight excluding hydrogens is 252 g/mol. The van der Waals surface area contributed by atoms with Crippen LogP contribution in [0.2, 0.25) is 5.02 Å². The van der Waals surface area contributed by atoms with Crippen LogP contribution in [0.3, 0.4) is 0 Å². The number of imidazole rings is 1. The molecule has 90 valence electrons. The Hall–Kier alpha value is -2.14. The zero-order chi connectivity index (χ0) is 12.7. The van der Waals surface area contributed by atoms with Gasteiger partial charge in [0, 0.05) is 10.6 Å². The number of aryl methyl sites for hydroxylation is 1. The summed E-state index contributed by atoms with van der Waals surface area (Å²) in [6.45, 7) is 1.77. The summed E-state index contributed by atoms with van der Waals surface area (Å²) in [4.78, 5) is 19.5. The third-order valence-electron chi connectivity index (χ3n) is 2.74. The summed E-state index contributed by atoms with van der Waals surface area (Å²) in [5.41, 5.74) is 2.03. The van der Waals surface area contributed by atoms with E-state index in [1.54, 1.807) is 23.6 Å². The van der Waals surface area contributed by atoms with E-state index in [-0.39, 0.29) is 0 Å². The lowest BCUT2D eigenvalue weighted by Crippen LogP contribution is -1.93. The maximum atomic E-state index is 11.0. The second-order valence-corrected chi connectivity index (χ2v) is 4.35. The number of halogens is 1. The fraction of sp³-hybridized carbons (Fsp3) is 0.0833. The number of H-pyrrole nitrogens is 1. The number of fused-ring (bicyclic) bond motifs is 1. The van der Waals surface area contributed by atoms with Crippen LogP contribution >= 0.6 is 11.6 Å². The SMILES string of the molecule is Cc1nc2nc(-c3ccc(Cl)cc3)[nH]n2c1C=O. The van der Waals surface area contributed by atoms with Gasteiger partial charge in [0.2, 0.25) is 0 Å². The quantitative estimate of drug-likeness (QED) is 0.720. The molecule has 0 aliphatic carbocycles. The molecule has 5 nitrogen and oxygen atoms in total. The number of carbonyl (C=O) groups excluding carboxylic acids is 1. The van der Waals surface area contributed by atoms with Crippen molar-refractivity contribution in [1.29, 1.82) is 0 Å². The van der Waals surface area contributed by atoms with Gasteiger partial charge in [0.15, 0.2) is 12.1 Å². The van der Waals surface area contributed by atoms with E-state index < -0.39 is 0 Å². The first-order valence-corrected chi connectivity index (χ1v) is 5.73. The highest BCUT2D eigenvalue weighted by Crippen LogP contribution is 2.19. The minimum Gasteiger partial charge on any atom is -0.296 e. The van der Waals surface area contributed by atoms with Crippen LogP contribution < -0.4 is 0 Å². The van der Waals surface area contributed by atoms with Crippen LogP contribution in [0.1, 0.15) is 16.2 Å². The molecule has 18 heavy (non-hydrogen) atoms. The number of aromatic nitrogens is 4. The van der Waals surface area contributed by atoms with Crippen molar-refractivity contribution >= 4 is 23.7 Å². The lowest BCUT2D eigenvalue weighted by atomic mass is 10.2. The van der Waals surface area contributed by atoms with Crippen LogP contribution in [0.25, 0.3) is 17.2 Å². The number of hydrogen-bond acceptors (Lipinski definition) is 3. The standard InChI is InChI=1S/C12H9ClN4O/c1-7-10(6-18)17-12(14-7)15-11(16-17)8-2-4-9(13)5-3-8/h2-6H,1H3,(H,14,15,16).